The molecule has 0 amide bonds. The Kier molecular flexibility index (Phi) is 4.37. The second-order valence-corrected chi connectivity index (χ2v) is 4.69. The fraction of sp³-hybridized carbons (Fsp3) is 1.00. The molecule has 0 aromatic carbocycles. The molecule has 0 aliphatic rings. The Morgan fingerprint density at radius 2 is 1.67 bits per heavy atom. The average molecular weight is 196 g/mol. The van der Waals surface area contributed by atoms with Crippen LogP contribution in [0.5, 0.6) is 0 Å². The van der Waals surface area contributed by atoms with Gasteiger partial charge in [-0.3, -0.25) is 0 Å². The van der Waals surface area contributed by atoms with E-state index in [9.17, 15) is 4.57 Å². The van der Waals surface area contributed by atoms with Crippen molar-refractivity contribution in [1.29, 1.82) is 0 Å². The first-order chi connectivity index (χ1) is 5.25. The van der Waals surface area contributed by atoms with Crippen LogP contribution in [0.1, 0.15) is 27.7 Å². The fourth-order valence-electron chi connectivity index (χ4n) is 0.790. The van der Waals surface area contributed by atoms with E-state index in [2.05, 4.69) is 5.43 Å². The van der Waals surface area contributed by atoms with Crippen molar-refractivity contribution in [3.63, 3.8) is 0 Å². The minimum Gasteiger partial charge on any atom is -0.312 e. The van der Waals surface area contributed by atoms with Crippen LogP contribution in [0.3, 0.4) is 0 Å². The highest BCUT2D eigenvalue weighted by molar-refractivity contribution is 7.49. The van der Waals surface area contributed by atoms with Crippen LogP contribution in [0.4, 0.5) is 0 Å². The first kappa shape index (κ1) is 12.1. The molecule has 3 N–H and O–H groups in total. The molecule has 0 unspecified atom stereocenters. The quantitative estimate of drug-likeness (QED) is 0.456. The van der Waals surface area contributed by atoms with Crippen molar-refractivity contribution in [2.45, 2.75) is 39.8 Å². The first-order valence-electron chi connectivity index (χ1n) is 3.86. The molecule has 0 aliphatic heterocycles. The molecule has 0 bridgehead atoms. The van der Waals surface area contributed by atoms with Gasteiger partial charge in [0, 0.05) is 12.1 Å². The highest BCUT2D eigenvalue weighted by atomic mass is 31.2. The topological polar surface area (TPSA) is 72.8 Å². The van der Waals surface area contributed by atoms with Crippen LogP contribution in [0, 0.1) is 0 Å². The summed E-state index contributed by atoms with van der Waals surface area (Å²) in [6.45, 7) is 7.08. The van der Waals surface area contributed by atoms with E-state index in [4.69, 9.17) is 9.79 Å². The average Bonchev–Trinajstić information content (AvgIpc) is 1.79. The van der Waals surface area contributed by atoms with Gasteiger partial charge in [-0.2, -0.15) is 0 Å². The van der Waals surface area contributed by atoms with Gasteiger partial charge in [-0.25, -0.2) is 9.99 Å². The molecule has 6 heteroatoms. The molecule has 0 heterocycles. The van der Waals surface area contributed by atoms with Gasteiger partial charge >= 0.3 is 7.75 Å². The smallest absolute Gasteiger partial charge is 0.312 e. The van der Waals surface area contributed by atoms with Crippen LogP contribution in [-0.4, -0.2) is 26.6 Å². The molecule has 0 aliphatic carbocycles. The second kappa shape index (κ2) is 4.35. The van der Waals surface area contributed by atoms with Crippen molar-refractivity contribution in [1.82, 2.24) is 10.2 Å². The van der Waals surface area contributed by atoms with Crippen molar-refractivity contribution in [3.05, 3.63) is 0 Å². The van der Waals surface area contributed by atoms with E-state index in [1.807, 2.05) is 13.8 Å². The molecular formula is C6H17N2O3P. The van der Waals surface area contributed by atoms with E-state index in [0.717, 1.165) is 4.78 Å². The van der Waals surface area contributed by atoms with E-state index in [0.29, 0.717) is 0 Å². The predicted octanol–water partition coefficient (Wildman–Crippen LogP) is 0.702. The monoisotopic (exact) mass is 196 g/mol. The van der Waals surface area contributed by atoms with Crippen molar-refractivity contribution >= 4 is 7.75 Å². The molecule has 0 fully saturated rings. The largest absolute Gasteiger partial charge is 0.416 e. The van der Waals surface area contributed by atoms with Crippen LogP contribution in [-0.2, 0) is 4.57 Å². The molecule has 0 radical (unpaired) electrons. The first-order valence-corrected chi connectivity index (χ1v) is 5.43. The van der Waals surface area contributed by atoms with Gasteiger partial charge in [0.1, 0.15) is 0 Å². The van der Waals surface area contributed by atoms with E-state index in [1.165, 1.54) is 0 Å². The number of rotatable bonds is 4. The Bertz CT molecular complexity index is 178. The predicted molar refractivity (Wildman–Crippen MR) is 47.3 cm³/mol. The Balaban J connectivity index is 4.36. The van der Waals surface area contributed by atoms with Gasteiger partial charge in [0.25, 0.3) is 0 Å². The Morgan fingerprint density at radius 3 is 1.75 bits per heavy atom. The molecule has 0 spiro atoms. The molecule has 5 nitrogen and oxygen atoms in total. The SMILES string of the molecule is CC(C)NN(C(C)C)P(=O)(O)O. The molecule has 0 atom stereocenters. The number of hydrogen-bond donors (Lipinski definition) is 3. The van der Waals surface area contributed by atoms with Gasteiger partial charge in [0.2, 0.25) is 0 Å². The molecule has 0 aromatic heterocycles. The summed E-state index contributed by atoms with van der Waals surface area (Å²) >= 11 is 0. The van der Waals surface area contributed by atoms with Crippen molar-refractivity contribution in [2.24, 2.45) is 0 Å². The minimum atomic E-state index is -4.16. The summed E-state index contributed by atoms with van der Waals surface area (Å²) in [6.07, 6.45) is 0. The molecule has 0 rings (SSSR count). The van der Waals surface area contributed by atoms with Gasteiger partial charge in [-0.15, -0.1) is 4.78 Å². The van der Waals surface area contributed by atoms with Crippen LogP contribution < -0.4 is 5.43 Å². The van der Waals surface area contributed by atoms with Gasteiger partial charge in [0.05, 0.1) is 0 Å². The molecular weight excluding hydrogens is 179 g/mol. The number of nitrogens with zero attached hydrogens (tertiary/aromatic N) is 1. The maximum absolute atomic E-state index is 10.9. The summed E-state index contributed by atoms with van der Waals surface area (Å²) in [5.74, 6) is 0. The summed E-state index contributed by atoms with van der Waals surface area (Å²) < 4.78 is 11.8. The Hall–Kier alpha value is 0.0700. The van der Waals surface area contributed by atoms with Crippen molar-refractivity contribution in [3.8, 4) is 0 Å². The van der Waals surface area contributed by atoms with Crippen molar-refractivity contribution < 1.29 is 14.4 Å². The summed E-state index contributed by atoms with van der Waals surface area (Å²) in [6, 6.07) is -0.215. The lowest BCUT2D eigenvalue weighted by molar-refractivity contribution is 0.174. The fourth-order valence-corrected chi connectivity index (χ4v) is 1.77. The third-order valence-corrected chi connectivity index (χ3v) is 2.30. The molecule has 0 aromatic rings. The highest BCUT2D eigenvalue weighted by Crippen LogP contribution is 2.39. The standard InChI is InChI=1S/C6H17N2O3P/c1-5(2)7-8(6(3)4)12(9,10)11/h5-7H,1-4H3,(H2,9,10,11). The molecule has 0 saturated carbocycles. The van der Waals surface area contributed by atoms with Gasteiger partial charge in [-0.1, -0.05) is 0 Å². The third kappa shape index (κ3) is 4.18. The summed E-state index contributed by atoms with van der Waals surface area (Å²) in [4.78, 5) is 17.7. The number of hydrogen-bond acceptors (Lipinski definition) is 2. The Labute approximate surface area is 73.0 Å². The van der Waals surface area contributed by atoms with E-state index < -0.39 is 7.75 Å². The number of hydrazine groups is 1. The molecule has 74 valence electrons. The lowest BCUT2D eigenvalue weighted by Crippen LogP contribution is -2.43. The van der Waals surface area contributed by atoms with E-state index >= 15 is 0 Å². The maximum atomic E-state index is 10.9. The van der Waals surface area contributed by atoms with Crippen LogP contribution in [0.2, 0.25) is 0 Å². The highest BCUT2D eigenvalue weighted by Gasteiger charge is 2.28. The summed E-state index contributed by atoms with van der Waals surface area (Å²) in [5.41, 5.74) is 2.69. The minimum absolute atomic E-state index is 0.0139. The zero-order chi connectivity index (χ0) is 9.94. The lowest BCUT2D eigenvalue weighted by atomic mass is 10.4. The molecule has 12 heavy (non-hydrogen) atoms. The van der Waals surface area contributed by atoms with Crippen LogP contribution >= 0.6 is 7.75 Å². The third-order valence-electron chi connectivity index (χ3n) is 1.16. The lowest BCUT2D eigenvalue weighted by Gasteiger charge is -2.29. The van der Waals surface area contributed by atoms with Crippen LogP contribution in [0.25, 0.3) is 0 Å². The maximum Gasteiger partial charge on any atom is 0.416 e. The van der Waals surface area contributed by atoms with E-state index in [1.54, 1.807) is 13.8 Å². The summed E-state index contributed by atoms with van der Waals surface area (Å²) in [5, 5.41) is 0. The summed E-state index contributed by atoms with van der Waals surface area (Å²) in [7, 11) is -4.16. The van der Waals surface area contributed by atoms with Gasteiger partial charge in [-0.05, 0) is 27.7 Å². The zero-order valence-electron chi connectivity index (χ0n) is 7.85. The molecule has 0 saturated heterocycles. The number of nitrogens with one attached hydrogen (secondary N) is 1. The van der Waals surface area contributed by atoms with Gasteiger partial charge < -0.3 is 9.79 Å². The zero-order valence-corrected chi connectivity index (χ0v) is 8.75. The Morgan fingerprint density at radius 1 is 1.25 bits per heavy atom. The normalized spacial score (nSPS) is 13.4. The second-order valence-electron chi connectivity index (χ2n) is 3.24. The van der Waals surface area contributed by atoms with Gasteiger partial charge in [0.15, 0.2) is 0 Å². The van der Waals surface area contributed by atoms with Crippen LogP contribution in [0.15, 0.2) is 0 Å². The van der Waals surface area contributed by atoms with Crippen molar-refractivity contribution in [2.75, 3.05) is 0 Å². The van der Waals surface area contributed by atoms with E-state index in [-0.39, 0.29) is 12.1 Å².